The van der Waals surface area contributed by atoms with Crippen LogP contribution < -0.4 is 9.47 Å². The van der Waals surface area contributed by atoms with E-state index in [1.165, 1.54) is 7.11 Å². The van der Waals surface area contributed by atoms with E-state index < -0.39 is 5.97 Å². The van der Waals surface area contributed by atoms with E-state index >= 15 is 0 Å². The van der Waals surface area contributed by atoms with Crippen molar-refractivity contribution >= 4 is 27.7 Å². The molecule has 2 aromatic rings. The quantitative estimate of drug-likeness (QED) is 0.409. The van der Waals surface area contributed by atoms with E-state index in [0.29, 0.717) is 28.1 Å². The van der Waals surface area contributed by atoms with E-state index in [4.69, 9.17) is 14.2 Å². The molecule has 0 atom stereocenters. The molecule has 28 heavy (non-hydrogen) atoms. The minimum atomic E-state index is -0.601. The maximum Gasteiger partial charge on any atom is 0.338 e. The molecule has 0 aliphatic rings. The number of carbonyl (C=O) groups excluding carboxylic acids is 2. The third kappa shape index (κ3) is 5.13. The number of ether oxygens (including phenoxy) is 3. The van der Waals surface area contributed by atoms with Gasteiger partial charge in [-0.3, -0.25) is 4.79 Å². The monoisotopic (exact) mass is 448 g/mol. The van der Waals surface area contributed by atoms with Crippen LogP contribution in [0.2, 0.25) is 0 Å². The molecule has 0 N–H and O–H groups in total. The van der Waals surface area contributed by atoms with Crippen LogP contribution in [0.25, 0.3) is 0 Å². The first kappa shape index (κ1) is 22.0. The Hall–Kier alpha value is -2.34. The SMILES string of the molecule is CCCOc1c(Br)cc(C(=O)OCC(=O)c2cc(C)c(C)cc2C)cc1OC. The second kappa shape index (κ2) is 9.73. The minimum absolute atomic E-state index is 0.233. The molecule has 0 radical (unpaired) electrons. The number of methoxy groups -OCH3 is 1. The fourth-order valence-electron chi connectivity index (χ4n) is 2.73. The van der Waals surface area contributed by atoms with Crippen LogP contribution in [0.1, 0.15) is 50.8 Å². The van der Waals surface area contributed by atoms with Crippen molar-refractivity contribution in [2.45, 2.75) is 34.1 Å². The number of hydrogen-bond donors (Lipinski definition) is 0. The summed E-state index contributed by atoms with van der Waals surface area (Å²) in [5, 5.41) is 0. The van der Waals surface area contributed by atoms with Gasteiger partial charge in [0.05, 0.1) is 23.8 Å². The van der Waals surface area contributed by atoms with Crippen molar-refractivity contribution in [3.8, 4) is 11.5 Å². The smallest absolute Gasteiger partial charge is 0.338 e. The molecule has 0 aliphatic carbocycles. The van der Waals surface area contributed by atoms with Gasteiger partial charge in [-0.05, 0) is 78.0 Å². The van der Waals surface area contributed by atoms with Crippen LogP contribution in [0.4, 0.5) is 0 Å². The fraction of sp³-hybridized carbons (Fsp3) is 0.364. The van der Waals surface area contributed by atoms with Crippen LogP contribution in [0.5, 0.6) is 11.5 Å². The summed E-state index contributed by atoms with van der Waals surface area (Å²) in [6, 6.07) is 6.94. The van der Waals surface area contributed by atoms with E-state index in [9.17, 15) is 9.59 Å². The highest BCUT2D eigenvalue weighted by atomic mass is 79.9. The Bertz CT molecular complexity index is 889. The van der Waals surface area contributed by atoms with Crippen LogP contribution >= 0.6 is 15.9 Å². The summed E-state index contributed by atoms with van der Waals surface area (Å²) in [7, 11) is 1.50. The molecule has 0 heterocycles. The molecule has 2 aromatic carbocycles. The average molecular weight is 449 g/mol. The van der Waals surface area contributed by atoms with Crippen molar-refractivity contribution in [2.75, 3.05) is 20.3 Å². The molecule has 2 rings (SSSR count). The number of ketones is 1. The topological polar surface area (TPSA) is 61.8 Å². The molecule has 0 aromatic heterocycles. The second-order valence-electron chi connectivity index (χ2n) is 6.59. The highest BCUT2D eigenvalue weighted by Crippen LogP contribution is 2.37. The number of benzene rings is 2. The lowest BCUT2D eigenvalue weighted by molar-refractivity contribution is 0.0474. The van der Waals surface area contributed by atoms with Crippen molar-refractivity contribution in [2.24, 2.45) is 0 Å². The highest BCUT2D eigenvalue weighted by Gasteiger charge is 2.18. The lowest BCUT2D eigenvalue weighted by Gasteiger charge is -2.14. The summed E-state index contributed by atoms with van der Waals surface area (Å²) in [6.45, 7) is 8.02. The molecule has 0 bridgehead atoms. The molecule has 0 amide bonds. The average Bonchev–Trinajstić information content (AvgIpc) is 2.67. The number of rotatable bonds is 8. The highest BCUT2D eigenvalue weighted by molar-refractivity contribution is 9.10. The largest absolute Gasteiger partial charge is 0.493 e. The van der Waals surface area contributed by atoms with Gasteiger partial charge in [-0.2, -0.15) is 0 Å². The van der Waals surface area contributed by atoms with Crippen molar-refractivity contribution in [1.29, 1.82) is 0 Å². The van der Waals surface area contributed by atoms with Gasteiger partial charge in [0, 0.05) is 5.56 Å². The third-order valence-corrected chi connectivity index (χ3v) is 4.98. The number of aryl methyl sites for hydroxylation is 3. The number of esters is 1. The van der Waals surface area contributed by atoms with Gasteiger partial charge in [-0.1, -0.05) is 13.0 Å². The molecule has 150 valence electrons. The van der Waals surface area contributed by atoms with Crippen LogP contribution in [-0.4, -0.2) is 32.1 Å². The Kier molecular flexibility index (Phi) is 7.63. The van der Waals surface area contributed by atoms with E-state index in [0.717, 1.165) is 23.1 Å². The van der Waals surface area contributed by atoms with Crippen molar-refractivity contribution in [1.82, 2.24) is 0 Å². The molecule has 5 nitrogen and oxygen atoms in total. The Morgan fingerprint density at radius 2 is 1.68 bits per heavy atom. The van der Waals surface area contributed by atoms with E-state index in [1.54, 1.807) is 12.1 Å². The summed E-state index contributed by atoms with van der Waals surface area (Å²) in [5.41, 5.74) is 3.85. The first-order chi connectivity index (χ1) is 13.3. The predicted octanol–water partition coefficient (Wildman–Crippen LogP) is 5.21. The van der Waals surface area contributed by atoms with Gasteiger partial charge in [0.2, 0.25) is 5.78 Å². The Morgan fingerprint density at radius 3 is 2.32 bits per heavy atom. The molecule has 0 saturated heterocycles. The van der Waals surface area contributed by atoms with Crippen molar-refractivity contribution < 1.29 is 23.8 Å². The number of Topliss-reactive ketones (excluding diaryl/α,β-unsaturated/α-hetero) is 1. The lowest BCUT2D eigenvalue weighted by atomic mass is 9.98. The Morgan fingerprint density at radius 1 is 1.00 bits per heavy atom. The summed E-state index contributed by atoms with van der Waals surface area (Å²) < 4.78 is 16.8. The minimum Gasteiger partial charge on any atom is -0.493 e. The van der Waals surface area contributed by atoms with E-state index in [1.807, 2.05) is 39.8 Å². The summed E-state index contributed by atoms with van der Waals surface area (Å²) in [5.74, 6) is 0.118. The lowest BCUT2D eigenvalue weighted by Crippen LogP contribution is -2.16. The van der Waals surface area contributed by atoms with E-state index in [2.05, 4.69) is 15.9 Å². The predicted molar refractivity (Wildman–Crippen MR) is 112 cm³/mol. The Labute approximate surface area is 174 Å². The van der Waals surface area contributed by atoms with Crippen molar-refractivity contribution in [3.63, 3.8) is 0 Å². The first-order valence-corrected chi connectivity index (χ1v) is 9.86. The summed E-state index contributed by atoms with van der Waals surface area (Å²) in [4.78, 5) is 24.9. The van der Waals surface area contributed by atoms with Gasteiger partial charge < -0.3 is 14.2 Å². The molecule has 0 spiro atoms. The van der Waals surface area contributed by atoms with E-state index in [-0.39, 0.29) is 18.0 Å². The molecule has 6 heteroatoms. The summed E-state index contributed by atoms with van der Waals surface area (Å²) in [6.07, 6.45) is 0.847. The van der Waals surface area contributed by atoms with Crippen LogP contribution in [0, 0.1) is 20.8 Å². The molecule has 0 unspecified atom stereocenters. The van der Waals surface area contributed by atoms with Gasteiger partial charge >= 0.3 is 5.97 Å². The van der Waals surface area contributed by atoms with Gasteiger partial charge in [0.1, 0.15) is 0 Å². The van der Waals surface area contributed by atoms with Gasteiger partial charge in [-0.25, -0.2) is 4.79 Å². The van der Waals surface area contributed by atoms with Gasteiger partial charge in [0.25, 0.3) is 0 Å². The molecule has 0 fully saturated rings. The number of halogens is 1. The maximum atomic E-state index is 12.5. The third-order valence-electron chi connectivity index (χ3n) is 4.39. The van der Waals surface area contributed by atoms with Crippen LogP contribution in [0.3, 0.4) is 0 Å². The zero-order chi connectivity index (χ0) is 20.8. The second-order valence-corrected chi connectivity index (χ2v) is 7.44. The Balaban J connectivity index is 2.14. The summed E-state index contributed by atoms with van der Waals surface area (Å²) >= 11 is 3.40. The van der Waals surface area contributed by atoms with Gasteiger partial charge in [0.15, 0.2) is 18.1 Å². The standard InChI is InChI=1S/C22H25BrO5/c1-6-7-27-21-18(23)10-16(11-20(21)26-5)22(25)28-12-19(24)17-9-14(3)13(2)8-15(17)4/h8-11H,6-7,12H2,1-5H3. The fourth-order valence-corrected chi connectivity index (χ4v) is 3.29. The maximum absolute atomic E-state index is 12.5. The number of hydrogen-bond acceptors (Lipinski definition) is 5. The molecule has 0 aliphatic heterocycles. The van der Waals surface area contributed by atoms with Crippen molar-refractivity contribution in [3.05, 3.63) is 56.6 Å². The molecular weight excluding hydrogens is 424 g/mol. The first-order valence-electron chi connectivity index (χ1n) is 9.07. The van der Waals surface area contributed by atoms with Crippen LogP contribution in [0.15, 0.2) is 28.7 Å². The number of carbonyl (C=O) groups is 2. The zero-order valence-corrected chi connectivity index (χ0v) is 18.4. The van der Waals surface area contributed by atoms with Crippen LogP contribution in [-0.2, 0) is 4.74 Å². The molecular formula is C22H25BrO5. The van der Waals surface area contributed by atoms with Gasteiger partial charge in [-0.15, -0.1) is 0 Å². The molecule has 0 saturated carbocycles. The normalized spacial score (nSPS) is 10.5. The zero-order valence-electron chi connectivity index (χ0n) is 16.8.